The van der Waals surface area contributed by atoms with E-state index in [2.05, 4.69) is 23.7 Å². The predicted molar refractivity (Wildman–Crippen MR) is 127 cm³/mol. The van der Waals surface area contributed by atoms with E-state index in [1.165, 1.54) is 0 Å². The summed E-state index contributed by atoms with van der Waals surface area (Å²) in [5.74, 6) is 1.30. The molecule has 2 aromatic heterocycles. The van der Waals surface area contributed by atoms with Gasteiger partial charge in [-0.25, -0.2) is 4.98 Å². The number of aromatic nitrogens is 3. The standard InChI is InChI=1S/C25H31N5O3/c1-15(2)29-12-10-16-18(14-29)26-23(27-24(16)31)20-8-6-11-30(20)25(32)21-13-17-19(28(21)3)7-5-9-22(17)33-4/h5,7,9,13,15,20H,6,8,10-12,14H2,1-4H3,(H,26,27,31)/t20-/m1/s1. The fraction of sp³-hybridized carbons (Fsp3) is 0.480. The van der Waals surface area contributed by atoms with Crippen molar-refractivity contribution < 1.29 is 9.53 Å². The van der Waals surface area contributed by atoms with E-state index in [0.29, 0.717) is 37.1 Å². The molecule has 1 N–H and O–H groups in total. The number of methoxy groups -OCH3 is 1. The molecule has 1 saturated heterocycles. The van der Waals surface area contributed by atoms with Crippen molar-refractivity contribution in [1.29, 1.82) is 0 Å². The molecule has 0 radical (unpaired) electrons. The molecule has 1 atom stereocenters. The zero-order valence-electron chi connectivity index (χ0n) is 19.7. The number of carbonyl (C=O) groups is 1. The second kappa shape index (κ2) is 8.33. The molecule has 8 heteroatoms. The Hall–Kier alpha value is -3.13. The van der Waals surface area contributed by atoms with Gasteiger partial charge in [0.1, 0.15) is 17.3 Å². The quantitative estimate of drug-likeness (QED) is 0.662. The van der Waals surface area contributed by atoms with Crippen LogP contribution in [0.15, 0.2) is 29.1 Å². The van der Waals surface area contributed by atoms with Crippen molar-refractivity contribution in [3.63, 3.8) is 0 Å². The molecule has 0 unspecified atom stereocenters. The van der Waals surface area contributed by atoms with E-state index in [9.17, 15) is 9.59 Å². The Kier molecular flexibility index (Phi) is 5.48. The maximum absolute atomic E-state index is 13.7. The van der Waals surface area contributed by atoms with Crippen LogP contribution in [-0.2, 0) is 20.0 Å². The summed E-state index contributed by atoms with van der Waals surface area (Å²) >= 11 is 0. The summed E-state index contributed by atoms with van der Waals surface area (Å²) < 4.78 is 7.41. The highest BCUT2D eigenvalue weighted by atomic mass is 16.5. The molecule has 5 rings (SSSR count). The molecule has 8 nitrogen and oxygen atoms in total. The minimum absolute atomic E-state index is 0.0533. The van der Waals surface area contributed by atoms with Gasteiger partial charge in [-0.15, -0.1) is 0 Å². The Bertz CT molecular complexity index is 1280. The minimum atomic E-state index is -0.232. The number of hydrogen-bond donors (Lipinski definition) is 1. The lowest BCUT2D eigenvalue weighted by Crippen LogP contribution is -2.40. The van der Waals surface area contributed by atoms with E-state index in [-0.39, 0.29) is 17.5 Å². The van der Waals surface area contributed by atoms with Crippen LogP contribution in [0.4, 0.5) is 0 Å². The molecule has 1 fully saturated rings. The molecular formula is C25H31N5O3. The topological polar surface area (TPSA) is 83.5 Å². The van der Waals surface area contributed by atoms with Crippen LogP contribution in [0, 0.1) is 0 Å². The van der Waals surface area contributed by atoms with Crippen LogP contribution in [0.2, 0.25) is 0 Å². The highest BCUT2D eigenvalue weighted by Crippen LogP contribution is 2.34. The number of fused-ring (bicyclic) bond motifs is 2. The van der Waals surface area contributed by atoms with Crippen molar-refractivity contribution in [2.75, 3.05) is 20.2 Å². The molecule has 1 aromatic carbocycles. The van der Waals surface area contributed by atoms with Crippen molar-refractivity contribution in [3.05, 3.63) is 57.4 Å². The Labute approximate surface area is 193 Å². The number of carbonyl (C=O) groups excluding carboxylic acids is 1. The molecule has 0 spiro atoms. The van der Waals surface area contributed by atoms with E-state index in [4.69, 9.17) is 9.72 Å². The maximum atomic E-state index is 13.7. The average molecular weight is 450 g/mol. The summed E-state index contributed by atoms with van der Waals surface area (Å²) in [4.78, 5) is 38.6. The van der Waals surface area contributed by atoms with Crippen LogP contribution in [0.1, 0.15) is 60.3 Å². The highest BCUT2D eigenvalue weighted by Gasteiger charge is 2.35. The molecule has 0 aliphatic carbocycles. The van der Waals surface area contributed by atoms with Crippen LogP contribution >= 0.6 is 0 Å². The number of aryl methyl sites for hydroxylation is 1. The third-order valence-corrected chi connectivity index (χ3v) is 7.17. The lowest BCUT2D eigenvalue weighted by Gasteiger charge is -2.31. The van der Waals surface area contributed by atoms with Gasteiger partial charge in [0.2, 0.25) is 0 Å². The van der Waals surface area contributed by atoms with Crippen LogP contribution in [0.25, 0.3) is 10.9 Å². The summed E-state index contributed by atoms with van der Waals surface area (Å²) in [7, 11) is 3.54. The molecule has 2 aliphatic heterocycles. The SMILES string of the molecule is COc1cccc2c1cc(C(=O)N1CCC[C@@H]1c1nc3c(c(=O)[nH]1)CCN(C(C)C)C3)n2C. The Morgan fingerprint density at radius 3 is 2.85 bits per heavy atom. The number of hydrogen-bond acceptors (Lipinski definition) is 5. The van der Waals surface area contributed by atoms with Crippen molar-refractivity contribution in [2.24, 2.45) is 7.05 Å². The fourth-order valence-electron chi connectivity index (χ4n) is 5.24. The first-order chi connectivity index (χ1) is 15.9. The smallest absolute Gasteiger partial charge is 0.271 e. The molecule has 0 saturated carbocycles. The van der Waals surface area contributed by atoms with Gasteiger partial charge >= 0.3 is 0 Å². The van der Waals surface area contributed by atoms with Gasteiger partial charge in [0, 0.05) is 43.7 Å². The summed E-state index contributed by atoms with van der Waals surface area (Å²) in [6, 6.07) is 7.88. The van der Waals surface area contributed by atoms with Crippen molar-refractivity contribution >= 4 is 16.8 Å². The second-order valence-electron chi connectivity index (χ2n) is 9.33. The third-order valence-electron chi connectivity index (χ3n) is 7.17. The van der Waals surface area contributed by atoms with Crippen LogP contribution in [-0.4, -0.2) is 56.5 Å². The van der Waals surface area contributed by atoms with Gasteiger partial charge in [-0.2, -0.15) is 0 Å². The molecule has 33 heavy (non-hydrogen) atoms. The second-order valence-corrected chi connectivity index (χ2v) is 9.33. The fourth-order valence-corrected chi connectivity index (χ4v) is 5.24. The first-order valence-electron chi connectivity index (χ1n) is 11.7. The number of rotatable bonds is 4. The highest BCUT2D eigenvalue weighted by molar-refractivity contribution is 6.00. The van der Waals surface area contributed by atoms with E-state index in [1.807, 2.05) is 40.8 Å². The van der Waals surface area contributed by atoms with Gasteiger partial charge in [0.15, 0.2) is 0 Å². The summed E-state index contributed by atoms with van der Waals surface area (Å²) in [6.07, 6.45) is 2.37. The molecular weight excluding hydrogens is 418 g/mol. The van der Waals surface area contributed by atoms with E-state index >= 15 is 0 Å². The zero-order chi connectivity index (χ0) is 23.3. The van der Waals surface area contributed by atoms with E-state index in [1.54, 1.807) is 7.11 Å². The first kappa shape index (κ1) is 21.7. The van der Waals surface area contributed by atoms with Gasteiger partial charge in [0.05, 0.1) is 24.4 Å². The van der Waals surface area contributed by atoms with Gasteiger partial charge in [-0.1, -0.05) is 6.07 Å². The summed E-state index contributed by atoms with van der Waals surface area (Å²) in [6.45, 7) is 6.51. The maximum Gasteiger partial charge on any atom is 0.271 e. The van der Waals surface area contributed by atoms with Crippen LogP contribution in [0.3, 0.4) is 0 Å². The number of benzene rings is 1. The summed E-state index contributed by atoms with van der Waals surface area (Å²) in [5.41, 5.74) is 3.12. The molecule has 4 heterocycles. The third kappa shape index (κ3) is 3.62. The van der Waals surface area contributed by atoms with Gasteiger partial charge in [-0.3, -0.25) is 14.5 Å². The van der Waals surface area contributed by atoms with Crippen molar-refractivity contribution in [1.82, 2.24) is 24.3 Å². The molecule has 174 valence electrons. The first-order valence-corrected chi connectivity index (χ1v) is 11.7. The molecule has 1 amide bonds. The lowest BCUT2D eigenvalue weighted by atomic mass is 10.0. The van der Waals surface area contributed by atoms with Gasteiger partial charge in [0.25, 0.3) is 11.5 Å². The number of amides is 1. The van der Waals surface area contributed by atoms with Crippen molar-refractivity contribution in [2.45, 2.75) is 51.7 Å². The molecule has 2 aliphatic rings. The average Bonchev–Trinajstić information content (AvgIpc) is 3.43. The monoisotopic (exact) mass is 449 g/mol. The predicted octanol–water partition coefficient (Wildman–Crippen LogP) is 3.01. The number of H-pyrrole nitrogens is 1. The van der Waals surface area contributed by atoms with E-state index in [0.717, 1.165) is 47.3 Å². The zero-order valence-corrected chi connectivity index (χ0v) is 19.7. The number of aromatic amines is 1. The Morgan fingerprint density at radius 1 is 1.27 bits per heavy atom. The molecule has 0 bridgehead atoms. The molecule has 3 aromatic rings. The Morgan fingerprint density at radius 2 is 2.09 bits per heavy atom. The van der Waals surface area contributed by atoms with Gasteiger partial charge < -0.3 is 19.2 Å². The number of ether oxygens (including phenoxy) is 1. The minimum Gasteiger partial charge on any atom is -0.496 e. The largest absolute Gasteiger partial charge is 0.496 e. The normalized spacial score (nSPS) is 18.8. The summed E-state index contributed by atoms with van der Waals surface area (Å²) in [5, 5.41) is 0.913. The van der Waals surface area contributed by atoms with Crippen LogP contribution < -0.4 is 10.3 Å². The Balaban J connectivity index is 1.49. The number of nitrogens with one attached hydrogen (secondary N) is 1. The van der Waals surface area contributed by atoms with E-state index < -0.39 is 0 Å². The lowest BCUT2D eigenvalue weighted by molar-refractivity contribution is 0.0720. The number of nitrogens with zero attached hydrogens (tertiary/aromatic N) is 4. The van der Waals surface area contributed by atoms with Crippen molar-refractivity contribution in [3.8, 4) is 5.75 Å². The van der Waals surface area contributed by atoms with Gasteiger partial charge in [-0.05, 0) is 51.3 Å². The number of likely N-dealkylation sites (tertiary alicyclic amines) is 1. The van der Waals surface area contributed by atoms with Crippen LogP contribution in [0.5, 0.6) is 5.75 Å².